The molecule has 3 aromatic rings. The van der Waals surface area contributed by atoms with Gasteiger partial charge in [-0.2, -0.15) is 0 Å². The van der Waals surface area contributed by atoms with Crippen LogP contribution in [0.4, 0.5) is 11.4 Å². The van der Waals surface area contributed by atoms with Gasteiger partial charge in [-0.15, -0.1) is 0 Å². The standard InChI is InChI=1S/C24H19ClN2O4S/c1-16-6-4-7-17(12-16)14-26-21-11-3-2-10-20(21)24(23(26)29)27(22(28)15-32(24,30)31)19-9-5-8-18(25)13-19/h2-13H,14-15H2,1H3. The molecule has 1 fully saturated rings. The predicted molar refractivity (Wildman–Crippen MR) is 123 cm³/mol. The zero-order chi connectivity index (χ0) is 22.7. The van der Waals surface area contributed by atoms with Crippen molar-refractivity contribution in [3.05, 3.63) is 94.5 Å². The first kappa shape index (κ1) is 20.7. The third-order valence-electron chi connectivity index (χ3n) is 5.91. The fourth-order valence-corrected chi connectivity index (χ4v) is 6.87. The van der Waals surface area contributed by atoms with Crippen LogP contribution in [-0.4, -0.2) is 26.0 Å². The Labute approximate surface area is 190 Å². The summed E-state index contributed by atoms with van der Waals surface area (Å²) in [5.41, 5.74) is 2.92. The van der Waals surface area contributed by atoms with E-state index in [2.05, 4.69) is 0 Å². The van der Waals surface area contributed by atoms with Crippen molar-refractivity contribution < 1.29 is 18.0 Å². The van der Waals surface area contributed by atoms with Gasteiger partial charge in [0.2, 0.25) is 5.91 Å². The first-order valence-electron chi connectivity index (χ1n) is 10.0. The Balaban J connectivity index is 1.74. The maximum Gasteiger partial charge on any atom is 0.274 e. The highest BCUT2D eigenvalue weighted by molar-refractivity contribution is 7.94. The lowest BCUT2D eigenvalue weighted by Crippen LogP contribution is -2.54. The summed E-state index contributed by atoms with van der Waals surface area (Å²) in [6.07, 6.45) is 0. The Bertz CT molecular complexity index is 1390. The summed E-state index contributed by atoms with van der Waals surface area (Å²) in [6, 6.07) is 20.8. The SMILES string of the molecule is Cc1cccc(CN2C(=O)C3(c4ccccc42)N(c2cccc(Cl)c2)C(=O)CS3(=O)=O)c1. The fourth-order valence-electron chi connectivity index (χ4n) is 4.66. The van der Waals surface area contributed by atoms with Crippen LogP contribution in [0.5, 0.6) is 0 Å². The van der Waals surface area contributed by atoms with Crippen molar-refractivity contribution in [2.75, 3.05) is 15.6 Å². The minimum absolute atomic E-state index is 0.187. The molecule has 5 rings (SSSR count). The molecular weight excluding hydrogens is 448 g/mol. The maximum absolute atomic E-state index is 14.0. The van der Waals surface area contributed by atoms with Crippen LogP contribution in [0.25, 0.3) is 0 Å². The third kappa shape index (κ3) is 2.81. The average molecular weight is 467 g/mol. The van der Waals surface area contributed by atoms with E-state index in [1.165, 1.54) is 11.0 Å². The Hall–Kier alpha value is -3.16. The van der Waals surface area contributed by atoms with E-state index in [9.17, 15) is 18.0 Å². The molecule has 1 saturated heterocycles. The van der Waals surface area contributed by atoms with Crippen LogP contribution in [-0.2, 0) is 30.8 Å². The van der Waals surface area contributed by atoms with E-state index in [4.69, 9.17) is 11.6 Å². The minimum Gasteiger partial charge on any atom is -0.304 e. The van der Waals surface area contributed by atoms with Crippen LogP contribution in [0.3, 0.4) is 0 Å². The lowest BCUT2D eigenvalue weighted by molar-refractivity contribution is -0.123. The number of fused-ring (bicyclic) bond motifs is 2. The topological polar surface area (TPSA) is 74.8 Å². The summed E-state index contributed by atoms with van der Waals surface area (Å²) in [6.45, 7) is 2.14. The molecule has 1 unspecified atom stereocenters. The predicted octanol–water partition coefficient (Wildman–Crippen LogP) is 3.81. The summed E-state index contributed by atoms with van der Waals surface area (Å²) in [5.74, 6) is -2.07. The van der Waals surface area contributed by atoms with E-state index >= 15 is 0 Å². The molecule has 3 aromatic carbocycles. The molecule has 6 nitrogen and oxygen atoms in total. The highest BCUT2D eigenvalue weighted by atomic mass is 35.5. The molecule has 2 amide bonds. The summed E-state index contributed by atoms with van der Waals surface area (Å²) < 4.78 is 27.1. The van der Waals surface area contributed by atoms with Crippen LogP contribution in [0.15, 0.2) is 72.8 Å². The number of carbonyl (C=O) groups is 2. The second-order valence-corrected chi connectivity index (χ2v) is 10.6. The molecule has 0 bridgehead atoms. The molecule has 0 N–H and O–H groups in total. The summed E-state index contributed by atoms with van der Waals surface area (Å²) in [5, 5.41) is 0.338. The Morgan fingerprint density at radius 3 is 2.47 bits per heavy atom. The molecule has 8 heteroatoms. The number of para-hydroxylation sites is 1. The number of halogens is 1. The fraction of sp³-hybridized carbons (Fsp3) is 0.167. The molecule has 0 aromatic heterocycles. The van der Waals surface area contributed by atoms with Crippen LogP contribution in [0.2, 0.25) is 5.02 Å². The van der Waals surface area contributed by atoms with E-state index < -0.39 is 32.3 Å². The number of rotatable bonds is 3. The van der Waals surface area contributed by atoms with Crippen molar-refractivity contribution in [2.45, 2.75) is 18.3 Å². The Morgan fingerprint density at radius 1 is 0.969 bits per heavy atom. The third-order valence-corrected chi connectivity index (χ3v) is 8.25. The quantitative estimate of drug-likeness (QED) is 0.588. The second-order valence-electron chi connectivity index (χ2n) is 8.01. The van der Waals surface area contributed by atoms with Gasteiger partial charge in [0.05, 0.1) is 12.2 Å². The van der Waals surface area contributed by atoms with Crippen molar-refractivity contribution in [1.82, 2.24) is 0 Å². The monoisotopic (exact) mass is 466 g/mol. The Morgan fingerprint density at radius 2 is 1.72 bits per heavy atom. The molecule has 2 aliphatic rings. The lowest BCUT2D eigenvalue weighted by atomic mass is 10.0. The number of hydrogen-bond acceptors (Lipinski definition) is 4. The number of anilines is 2. The van der Waals surface area contributed by atoms with Gasteiger partial charge in [-0.05, 0) is 36.8 Å². The zero-order valence-electron chi connectivity index (χ0n) is 17.2. The number of benzene rings is 3. The van der Waals surface area contributed by atoms with Crippen LogP contribution in [0, 0.1) is 6.92 Å². The van der Waals surface area contributed by atoms with E-state index in [0.29, 0.717) is 10.7 Å². The summed E-state index contributed by atoms with van der Waals surface area (Å²) >= 11 is 6.14. The molecule has 1 spiro atoms. The molecule has 2 aliphatic heterocycles. The van der Waals surface area contributed by atoms with Gasteiger partial charge in [0, 0.05) is 16.3 Å². The highest BCUT2D eigenvalue weighted by Crippen LogP contribution is 2.52. The van der Waals surface area contributed by atoms with Crippen LogP contribution < -0.4 is 9.80 Å². The maximum atomic E-state index is 14.0. The number of nitrogens with zero attached hydrogens (tertiary/aromatic N) is 2. The highest BCUT2D eigenvalue weighted by Gasteiger charge is 2.69. The van der Waals surface area contributed by atoms with Gasteiger partial charge < -0.3 is 4.90 Å². The first-order chi connectivity index (χ1) is 15.3. The van der Waals surface area contributed by atoms with Crippen molar-refractivity contribution in [3.63, 3.8) is 0 Å². The molecular formula is C24H19ClN2O4S. The molecule has 32 heavy (non-hydrogen) atoms. The van der Waals surface area contributed by atoms with Crippen molar-refractivity contribution in [1.29, 1.82) is 0 Å². The van der Waals surface area contributed by atoms with Crippen molar-refractivity contribution >= 4 is 44.6 Å². The first-order valence-corrected chi connectivity index (χ1v) is 12.1. The summed E-state index contributed by atoms with van der Waals surface area (Å²) in [4.78, 5) is 27.5. The Kier molecular flexibility index (Phi) is 4.65. The van der Waals surface area contributed by atoms with Crippen LogP contribution >= 0.6 is 11.6 Å². The normalized spacial score (nSPS) is 21.4. The molecule has 0 aliphatic carbocycles. The van der Waals surface area contributed by atoms with E-state index in [0.717, 1.165) is 16.0 Å². The largest absolute Gasteiger partial charge is 0.304 e. The van der Waals surface area contributed by atoms with Gasteiger partial charge in [0.1, 0.15) is 5.75 Å². The van der Waals surface area contributed by atoms with E-state index in [-0.39, 0.29) is 17.8 Å². The van der Waals surface area contributed by atoms with Gasteiger partial charge in [-0.1, -0.05) is 65.7 Å². The van der Waals surface area contributed by atoms with E-state index in [1.54, 1.807) is 42.5 Å². The number of hydrogen-bond donors (Lipinski definition) is 0. The van der Waals surface area contributed by atoms with Crippen molar-refractivity contribution in [3.8, 4) is 0 Å². The molecule has 1 atom stereocenters. The van der Waals surface area contributed by atoms with Gasteiger partial charge in [-0.25, -0.2) is 8.42 Å². The van der Waals surface area contributed by atoms with E-state index in [1.807, 2.05) is 31.2 Å². The molecule has 2 heterocycles. The molecule has 162 valence electrons. The number of sulfone groups is 1. The second kappa shape index (κ2) is 7.18. The average Bonchev–Trinajstić information content (AvgIpc) is 3.11. The molecule has 0 saturated carbocycles. The van der Waals surface area contributed by atoms with Gasteiger partial charge in [0.15, 0.2) is 9.84 Å². The lowest BCUT2D eigenvalue weighted by Gasteiger charge is -2.32. The van der Waals surface area contributed by atoms with Crippen molar-refractivity contribution in [2.24, 2.45) is 0 Å². The van der Waals surface area contributed by atoms with Gasteiger partial charge >= 0.3 is 0 Å². The molecule has 0 radical (unpaired) electrons. The zero-order valence-corrected chi connectivity index (χ0v) is 18.7. The number of amides is 2. The van der Waals surface area contributed by atoms with Gasteiger partial charge in [0.25, 0.3) is 10.8 Å². The summed E-state index contributed by atoms with van der Waals surface area (Å²) in [7, 11) is -4.20. The minimum atomic E-state index is -4.20. The van der Waals surface area contributed by atoms with Gasteiger partial charge in [-0.3, -0.25) is 14.5 Å². The number of aryl methyl sites for hydroxylation is 1. The van der Waals surface area contributed by atoms with Crippen LogP contribution in [0.1, 0.15) is 16.7 Å². The number of carbonyl (C=O) groups excluding carboxylic acids is 2. The smallest absolute Gasteiger partial charge is 0.274 e.